The minimum atomic E-state index is -0.706. The predicted molar refractivity (Wildman–Crippen MR) is 106 cm³/mol. The molecule has 1 amide bonds. The van der Waals surface area contributed by atoms with Gasteiger partial charge in [0, 0.05) is 6.08 Å². The van der Waals surface area contributed by atoms with E-state index in [0.29, 0.717) is 34.1 Å². The summed E-state index contributed by atoms with van der Waals surface area (Å²) in [6.45, 7) is -0.488. The van der Waals surface area contributed by atoms with Crippen molar-refractivity contribution >= 4 is 23.6 Å². The van der Waals surface area contributed by atoms with E-state index in [9.17, 15) is 9.59 Å². The summed E-state index contributed by atoms with van der Waals surface area (Å²) in [6, 6.07) is 11.8. The van der Waals surface area contributed by atoms with Gasteiger partial charge in [-0.05, 0) is 35.9 Å². The Hall–Kier alpha value is -3.99. The number of hydrogen-bond acceptors (Lipinski definition) is 7. The maximum Gasteiger partial charge on any atom is 0.331 e. The molecule has 8 nitrogen and oxygen atoms in total. The van der Waals surface area contributed by atoms with Gasteiger partial charge in [0.2, 0.25) is 5.75 Å². The molecule has 0 saturated carbocycles. The molecule has 0 spiro atoms. The summed E-state index contributed by atoms with van der Waals surface area (Å²) in [4.78, 5) is 23.8. The number of rotatable bonds is 8. The van der Waals surface area contributed by atoms with Crippen LogP contribution in [0.3, 0.4) is 0 Å². The van der Waals surface area contributed by atoms with Gasteiger partial charge in [-0.3, -0.25) is 4.79 Å². The first-order valence-electron chi connectivity index (χ1n) is 8.46. The van der Waals surface area contributed by atoms with E-state index in [1.54, 1.807) is 36.4 Å². The van der Waals surface area contributed by atoms with E-state index < -0.39 is 18.5 Å². The standard InChI is InChI=1S/C21H20N2O6/c1-26-17-10-14(11-18(27-2)21(17)28-3)8-9-20(25)29-13-19(24)23-16-7-5-4-6-15(16)12-22/h4-11H,13H2,1-3H3,(H,23,24)/b9-8+. The minimum Gasteiger partial charge on any atom is -0.493 e. The number of esters is 1. The summed E-state index contributed by atoms with van der Waals surface area (Å²) >= 11 is 0. The van der Waals surface area contributed by atoms with Crippen LogP contribution >= 0.6 is 0 Å². The molecule has 0 aromatic heterocycles. The molecule has 8 heteroatoms. The molecule has 0 heterocycles. The molecule has 0 aliphatic heterocycles. The van der Waals surface area contributed by atoms with E-state index >= 15 is 0 Å². The van der Waals surface area contributed by atoms with Gasteiger partial charge in [0.05, 0.1) is 32.6 Å². The van der Waals surface area contributed by atoms with Crippen molar-refractivity contribution in [1.29, 1.82) is 5.26 Å². The first-order valence-corrected chi connectivity index (χ1v) is 8.46. The second-order valence-corrected chi connectivity index (χ2v) is 5.61. The van der Waals surface area contributed by atoms with Gasteiger partial charge in [-0.25, -0.2) is 4.79 Å². The average molecular weight is 396 g/mol. The Balaban J connectivity index is 1.98. The van der Waals surface area contributed by atoms with Crippen molar-refractivity contribution in [2.24, 2.45) is 0 Å². The highest BCUT2D eigenvalue weighted by atomic mass is 16.5. The van der Waals surface area contributed by atoms with Crippen molar-refractivity contribution in [1.82, 2.24) is 0 Å². The fraction of sp³-hybridized carbons (Fsp3) is 0.190. The highest BCUT2D eigenvalue weighted by Gasteiger charge is 2.12. The summed E-state index contributed by atoms with van der Waals surface area (Å²) in [5, 5.41) is 11.5. The second-order valence-electron chi connectivity index (χ2n) is 5.61. The number of amides is 1. The van der Waals surface area contributed by atoms with Crippen LogP contribution in [0.2, 0.25) is 0 Å². The van der Waals surface area contributed by atoms with Gasteiger partial charge >= 0.3 is 5.97 Å². The van der Waals surface area contributed by atoms with Crippen molar-refractivity contribution in [3.63, 3.8) is 0 Å². The van der Waals surface area contributed by atoms with Crippen LogP contribution in [-0.4, -0.2) is 39.8 Å². The average Bonchev–Trinajstić information content (AvgIpc) is 2.75. The van der Waals surface area contributed by atoms with E-state index in [1.165, 1.54) is 33.5 Å². The zero-order valence-corrected chi connectivity index (χ0v) is 16.2. The summed E-state index contributed by atoms with van der Waals surface area (Å²) < 4.78 is 20.7. The van der Waals surface area contributed by atoms with Crippen molar-refractivity contribution in [2.75, 3.05) is 33.3 Å². The van der Waals surface area contributed by atoms with E-state index in [1.807, 2.05) is 6.07 Å². The van der Waals surface area contributed by atoms with Gasteiger partial charge in [0.15, 0.2) is 18.1 Å². The fourth-order valence-electron chi connectivity index (χ4n) is 2.42. The first kappa shape index (κ1) is 21.3. The lowest BCUT2D eigenvalue weighted by atomic mass is 10.1. The fourth-order valence-corrected chi connectivity index (χ4v) is 2.42. The Morgan fingerprint density at radius 3 is 2.31 bits per heavy atom. The molecule has 0 radical (unpaired) electrons. The van der Waals surface area contributed by atoms with Crippen LogP contribution in [0.15, 0.2) is 42.5 Å². The van der Waals surface area contributed by atoms with E-state index in [2.05, 4.69) is 5.32 Å². The maximum absolute atomic E-state index is 11.9. The molecular weight excluding hydrogens is 376 g/mol. The minimum absolute atomic E-state index is 0.314. The third-order valence-electron chi connectivity index (χ3n) is 3.77. The number of ether oxygens (including phenoxy) is 4. The highest BCUT2D eigenvalue weighted by Crippen LogP contribution is 2.38. The summed E-state index contributed by atoms with van der Waals surface area (Å²) in [6.07, 6.45) is 2.67. The molecule has 2 aromatic carbocycles. The second kappa shape index (κ2) is 10.4. The number of carbonyl (C=O) groups excluding carboxylic acids is 2. The molecule has 0 unspecified atom stereocenters. The van der Waals surface area contributed by atoms with Crippen LogP contribution in [0.25, 0.3) is 6.08 Å². The smallest absolute Gasteiger partial charge is 0.331 e. The summed E-state index contributed by atoms with van der Waals surface area (Å²) in [7, 11) is 4.47. The van der Waals surface area contributed by atoms with Crippen molar-refractivity contribution in [3.8, 4) is 23.3 Å². The Morgan fingerprint density at radius 1 is 1.07 bits per heavy atom. The van der Waals surface area contributed by atoms with Crippen molar-refractivity contribution in [3.05, 3.63) is 53.6 Å². The lowest BCUT2D eigenvalue weighted by Crippen LogP contribution is -2.20. The number of hydrogen-bond donors (Lipinski definition) is 1. The lowest BCUT2D eigenvalue weighted by Gasteiger charge is -2.12. The number of para-hydroxylation sites is 1. The van der Waals surface area contributed by atoms with Gasteiger partial charge in [0.1, 0.15) is 6.07 Å². The summed E-state index contributed by atoms with van der Waals surface area (Å²) in [5.74, 6) is 0.0551. The quantitative estimate of drug-likeness (QED) is 0.540. The van der Waals surface area contributed by atoms with Gasteiger partial charge in [-0.2, -0.15) is 5.26 Å². The van der Waals surface area contributed by atoms with Crippen LogP contribution in [0, 0.1) is 11.3 Å². The molecule has 0 fully saturated rings. The number of nitriles is 1. The number of nitrogens with zero attached hydrogens (tertiary/aromatic N) is 1. The predicted octanol–water partition coefficient (Wildman–Crippen LogP) is 2.78. The van der Waals surface area contributed by atoms with E-state index in [0.717, 1.165) is 0 Å². The Morgan fingerprint density at radius 2 is 1.72 bits per heavy atom. The molecular formula is C21H20N2O6. The number of benzene rings is 2. The molecule has 150 valence electrons. The van der Waals surface area contributed by atoms with Crippen LogP contribution in [0.4, 0.5) is 5.69 Å². The number of anilines is 1. The first-order chi connectivity index (χ1) is 14.0. The molecule has 0 aliphatic carbocycles. The lowest BCUT2D eigenvalue weighted by molar-refractivity contribution is -0.142. The molecule has 0 aliphatic rings. The highest BCUT2D eigenvalue weighted by molar-refractivity contribution is 5.95. The zero-order chi connectivity index (χ0) is 21.2. The molecule has 0 saturated heterocycles. The Labute approximate surface area is 168 Å². The van der Waals surface area contributed by atoms with Gasteiger partial charge in [-0.15, -0.1) is 0 Å². The van der Waals surface area contributed by atoms with Gasteiger partial charge in [-0.1, -0.05) is 12.1 Å². The maximum atomic E-state index is 11.9. The van der Waals surface area contributed by atoms with Crippen LogP contribution in [0.5, 0.6) is 17.2 Å². The largest absolute Gasteiger partial charge is 0.493 e. The van der Waals surface area contributed by atoms with Crippen molar-refractivity contribution < 1.29 is 28.5 Å². The van der Waals surface area contributed by atoms with Crippen LogP contribution in [0.1, 0.15) is 11.1 Å². The summed E-state index contributed by atoms with van der Waals surface area (Å²) in [5.41, 5.74) is 1.28. The third-order valence-corrected chi connectivity index (χ3v) is 3.77. The topological polar surface area (TPSA) is 107 Å². The van der Waals surface area contributed by atoms with Gasteiger partial charge < -0.3 is 24.3 Å². The van der Waals surface area contributed by atoms with Gasteiger partial charge in [0.25, 0.3) is 5.91 Å². The Kier molecular flexibility index (Phi) is 7.62. The normalized spacial score (nSPS) is 10.1. The SMILES string of the molecule is COc1cc(/C=C/C(=O)OCC(=O)Nc2ccccc2C#N)cc(OC)c1OC. The molecule has 0 atom stereocenters. The molecule has 29 heavy (non-hydrogen) atoms. The molecule has 1 N–H and O–H groups in total. The van der Waals surface area contributed by atoms with Crippen LogP contribution < -0.4 is 19.5 Å². The monoisotopic (exact) mass is 396 g/mol. The molecule has 2 rings (SSSR count). The molecule has 0 bridgehead atoms. The van der Waals surface area contributed by atoms with Crippen LogP contribution in [-0.2, 0) is 14.3 Å². The number of methoxy groups -OCH3 is 3. The number of nitrogens with one attached hydrogen (secondary N) is 1. The molecule has 2 aromatic rings. The van der Waals surface area contributed by atoms with Crippen molar-refractivity contribution in [2.45, 2.75) is 0 Å². The van der Waals surface area contributed by atoms with E-state index in [-0.39, 0.29) is 0 Å². The van der Waals surface area contributed by atoms with E-state index in [4.69, 9.17) is 24.2 Å². The zero-order valence-electron chi connectivity index (χ0n) is 16.2. The Bertz CT molecular complexity index is 937. The number of carbonyl (C=O) groups is 2. The third kappa shape index (κ3) is 5.74.